The van der Waals surface area contributed by atoms with E-state index in [-0.39, 0.29) is 17.1 Å². The van der Waals surface area contributed by atoms with E-state index in [1.54, 1.807) is 0 Å². The van der Waals surface area contributed by atoms with Crippen molar-refractivity contribution in [1.29, 1.82) is 0 Å². The van der Waals surface area contributed by atoms with Crippen LogP contribution >= 0.6 is 11.8 Å². The van der Waals surface area contributed by atoms with Crippen molar-refractivity contribution >= 4 is 35.0 Å². The van der Waals surface area contributed by atoms with Gasteiger partial charge in [0.25, 0.3) is 0 Å². The molecule has 0 saturated carbocycles. The highest BCUT2D eigenvalue weighted by Crippen LogP contribution is 2.26. The van der Waals surface area contributed by atoms with Gasteiger partial charge >= 0.3 is 0 Å². The Morgan fingerprint density at radius 1 is 1.00 bits per heavy atom. The number of hydrogen-bond acceptors (Lipinski definition) is 4. The number of amides is 2. The average Bonchev–Trinajstić information content (AvgIpc) is 2.64. The van der Waals surface area contributed by atoms with Gasteiger partial charge in [-0.05, 0) is 61.9 Å². The van der Waals surface area contributed by atoms with Gasteiger partial charge in [0.05, 0.1) is 11.9 Å². The lowest BCUT2D eigenvalue weighted by Gasteiger charge is -2.13. The standard InChI is InChI=1S/C21H26N2O3S/c1-4-5-14-26-19-10-6-18(7-11-19)23-21(25)15(2)27-20-12-8-17(9-13-20)22-16(3)24/h6-13,15H,4-5,14H2,1-3H3,(H,22,24)(H,23,25). The molecule has 0 heterocycles. The van der Waals surface area contributed by atoms with Gasteiger partial charge in [0.2, 0.25) is 11.8 Å². The molecule has 0 aliphatic heterocycles. The highest BCUT2D eigenvalue weighted by molar-refractivity contribution is 8.00. The smallest absolute Gasteiger partial charge is 0.237 e. The molecular weight excluding hydrogens is 360 g/mol. The Balaban J connectivity index is 1.85. The van der Waals surface area contributed by atoms with Gasteiger partial charge in [-0.15, -0.1) is 11.8 Å². The van der Waals surface area contributed by atoms with Crippen molar-refractivity contribution in [3.63, 3.8) is 0 Å². The van der Waals surface area contributed by atoms with Crippen LogP contribution in [0.2, 0.25) is 0 Å². The molecule has 0 aromatic heterocycles. The molecule has 27 heavy (non-hydrogen) atoms. The molecule has 2 rings (SSSR count). The fourth-order valence-electron chi connectivity index (χ4n) is 2.29. The van der Waals surface area contributed by atoms with Crippen molar-refractivity contribution in [3.05, 3.63) is 48.5 Å². The predicted molar refractivity (Wildman–Crippen MR) is 112 cm³/mol. The second-order valence-electron chi connectivity index (χ2n) is 6.18. The van der Waals surface area contributed by atoms with Crippen LogP contribution in [0.15, 0.2) is 53.4 Å². The van der Waals surface area contributed by atoms with Crippen molar-refractivity contribution in [2.75, 3.05) is 17.2 Å². The van der Waals surface area contributed by atoms with E-state index in [4.69, 9.17) is 4.74 Å². The minimum Gasteiger partial charge on any atom is -0.494 e. The van der Waals surface area contributed by atoms with E-state index in [0.29, 0.717) is 6.61 Å². The van der Waals surface area contributed by atoms with Crippen LogP contribution in [0.25, 0.3) is 0 Å². The summed E-state index contributed by atoms with van der Waals surface area (Å²) in [5, 5.41) is 5.39. The van der Waals surface area contributed by atoms with Crippen LogP contribution in [0.4, 0.5) is 11.4 Å². The third-order valence-corrected chi connectivity index (χ3v) is 4.86. The van der Waals surface area contributed by atoms with Gasteiger partial charge in [-0.1, -0.05) is 13.3 Å². The van der Waals surface area contributed by atoms with Gasteiger partial charge in [0.1, 0.15) is 5.75 Å². The molecule has 2 aromatic rings. The average molecular weight is 387 g/mol. The summed E-state index contributed by atoms with van der Waals surface area (Å²) < 4.78 is 5.62. The van der Waals surface area contributed by atoms with E-state index < -0.39 is 0 Å². The van der Waals surface area contributed by atoms with Crippen LogP contribution in [0, 0.1) is 0 Å². The minimum atomic E-state index is -0.253. The lowest BCUT2D eigenvalue weighted by Crippen LogP contribution is -2.22. The first kappa shape index (κ1) is 20.8. The number of nitrogens with one attached hydrogen (secondary N) is 2. The minimum absolute atomic E-state index is 0.0643. The third kappa shape index (κ3) is 7.35. The Morgan fingerprint density at radius 3 is 2.19 bits per heavy atom. The summed E-state index contributed by atoms with van der Waals surface area (Å²) in [5.74, 6) is 0.638. The largest absolute Gasteiger partial charge is 0.494 e. The van der Waals surface area contributed by atoms with Crippen molar-refractivity contribution in [3.8, 4) is 5.75 Å². The SMILES string of the molecule is CCCCOc1ccc(NC(=O)C(C)Sc2ccc(NC(C)=O)cc2)cc1. The van der Waals surface area contributed by atoms with E-state index in [1.807, 2.05) is 55.5 Å². The molecule has 6 heteroatoms. The first-order valence-corrected chi connectivity index (χ1v) is 9.94. The molecule has 144 valence electrons. The van der Waals surface area contributed by atoms with E-state index in [9.17, 15) is 9.59 Å². The molecule has 2 amide bonds. The number of benzene rings is 2. The number of thioether (sulfide) groups is 1. The normalized spacial score (nSPS) is 11.5. The first-order valence-electron chi connectivity index (χ1n) is 9.06. The lowest BCUT2D eigenvalue weighted by atomic mass is 10.3. The van der Waals surface area contributed by atoms with Gasteiger partial charge in [0, 0.05) is 23.2 Å². The quantitative estimate of drug-likeness (QED) is 0.473. The van der Waals surface area contributed by atoms with Gasteiger partial charge in [-0.3, -0.25) is 9.59 Å². The highest BCUT2D eigenvalue weighted by Gasteiger charge is 2.14. The Morgan fingerprint density at radius 2 is 1.59 bits per heavy atom. The Hall–Kier alpha value is -2.47. The van der Waals surface area contributed by atoms with Gasteiger partial charge < -0.3 is 15.4 Å². The summed E-state index contributed by atoms with van der Waals surface area (Å²) in [7, 11) is 0. The molecule has 1 unspecified atom stereocenters. The number of carbonyl (C=O) groups excluding carboxylic acids is 2. The van der Waals surface area contributed by atoms with Crippen LogP contribution in [0.1, 0.15) is 33.6 Å². The molecule has 0 saturated heterocycles. The third-order valence-electron chi connectivity index (χ3n) is 3.75. The second kappa shape index (κ2) is 10.6. The Kier molecular flexibility index (Phi) is 8.20. The number of ether oxygens (including phenoxy) is 1. The van der Waals surface area contributed by atoms with E-state index in [2.05, 4.69) is 17.6 Å². The monoisotopic (exact) mass is 386 g/mol. The molecule has 0 radical (unpaired) electrons. The first-order chi connectivity index (χ1) is 13.0. The maximum Gasteiger partial charge on any atom is 0.237 e. The number of hydrogen-bond donors (Lipinski definition) is 2. The maximum atomic E-state index is 12.4. The molecular formula is C21H26N2O3S. The summed E-state index contributed by atoms with van der Waals surface area (Å²) >= 11 is 1.47. The Bertz CT molecular complexity index is 745. The van der Waals surface area contributed by atoms with Crippen LogP contribution in [-0.2, 0) is 9.59 Å². The predicted octanol–water partition coefficient (Wildman–Crippen LogP) is 4.94. The maximum absolute atomic E-state index is 12.4. The zero-order chi connectivity index (χ0) is 19.6. The fraction of sp³-hybridized carbons (Fsp3) is 0.333. The number of anilines is 2. The van der Waals surface area contributed by atoms with Crippen molar-refractivity contribution in [1.82, 2.24) is 0 Å². The van der Waals surface area contributed by atoms with Crippen LogP contribution in [0.3, 0.4) is 0 Å². The zero-order valence-electron chi connectivity index (χ0n) is 16.0. The number of rotatable bonds is 9. The van der Waals surface area contributed by atoms with E-state index in [0.717, 1.165) is 34.9 Å². The van der Waals surface area contributed by atoms with Crippen molar-refractivity contribution in [2.45, 2.75) is 43.8 Å². The molecule has 2 N–H and O–H groups in total. The molecule has 0 spiro atoms. The molecule has 0 fully saturated rings. The molecule has 2 aromatic carbocycles. The lowest BCUT2D eigenvalue weighted by molar-refractivity contribution is -0.115. The van der Waals surface area contributed by atoms with Crippen LogP contribution < -0.4 is 15.4 Å². The van der Waals surface area contributed by atoms with Gasteiger partial charge in [0.15, 0.2) is 0 Å². The summed E-state index contributed by atoms with van der Waals surface area (Å²) in [6.07, 6.45) is 2.12. The van der Waals surface area contributed by atoms with Crippen LogP contribution in [0.5, 0.6) is 5.75 Å². The van der Waals surface area contributed by atoms with Crippen LogP contribution in [-0.4, -0.2) is 23.7 Å². The summed E-state index contributed by atoms with van der Waals surface area (Å²) in [5.41, 5.74) is 1.49. The highest BCUT2D eigenvalue weighted by atomic mass is 32.2. The van der Waals surface area contributed by atoms with Gasteiger partial charge in [-0.25, -0.2) is 0 Å². The van der Waals surface area contributed by atoms with E-state index in [1.165, 1.54) is 18.7 Å². The number of unbranched alkanes of at least 4 members (excludes halogenated alkanes) is 1. The van der Waals surface area contributed by atoms with E-state index >= 15 is 0 Å². The molecule has 1 atom stereocenters. The van der Waals surface area contributed by atoms with Gasteiger partial charge in [-0.2, -0.15) is 0 Å². The molecule has 0 bridgehead atoms. The zero-order valence-corrected chi connectivity index (χ0v) is 16.8. The van der Waals surface area contributed by atoms with Crippen molar-refractivity contribution < 1.29 is 14.3 Å². The summed E-state index contributed by atoms with van der Waals surface area (Å²) in [6.45, 7) is 6.16. The van der Waals surface area contributed by atoms with Crippen molar-refractivity contribution in [2.24, 2.45) is 0 Å². The molecule has 5 nitrogen and oxygen atoms in total. The Labute approximate surface area is 164 Å². The topological polar surface area (TPSA) is 67.4 Å². The summed E-state index contributed by atoms with van der Waals surface area (Å²) in [6, 6.07) is 14.9. The second-order valence-corrected chi connectivity index (χ2v) is 7.60. The summed E-state index contributed by atoms with van der Waals surface area (Å²) in [4.78, 5) is 24.4. The fourth-order valence-corrected chi connectivity index (χ4v) is 3.16. The molecule has 0 aliphatic rings. The number of carbonyl (C=O) groups is 2. The molecule has 0 aliphatic carbocycles.